The van der Waals surface area contributed by atoms with Crippen LogP contribution in [0.4, 0.5) is 26.3 Å². The molecule has 2 aromatic heterocycles. The molecule has 0 unspecified atom stereocenters. The summed E-state index contributed by atoms with van der Waals surface area (Å²) >= 11 is -4.56. The van der Waals surface area contributed by atoms with E-state index in [0.29, 0.717) is 29.8 Å². The predicted molar refractivity (Wildman–Crippen MR) is 417 cm³/mol. The number of hydrogen-bond acceptors (Lipinski definition) is 18. The van der Waals surface area contributed by atoms with E-state index in [2.05, 4.69) is 9.97 Å². The monoisotopic (exact) mass is 1860 g/mol. The molecule has 0 amide bonds. The number of rotatable bonds is 15. The molecular formula is C75H76F6I3N7O18. The van der Waals surface area contributed by atoms with Crippen molar-refractivity contribution in [3.63, 3.8) is 0 Å². The van der Waals surface area contributed by atoms with E-state index >= 15 is 0 Å². The van der Waals surface area contributed by atoms with Crippen LogP contribution in [0.1, 0.15) is 70.1 Å². The number of halogens is 9. The Bertz CT molecular complexity index is 4650. The zero-order valence-electron chi connectivity index (χ0n) is 57.9. The summed E-state index contributed by atoms with van der Waals surface area (Å²) in [5, 5.41) is 62.4. The molecule has 0 saturated carbocycles. The average Bonchev–Trinajstić information content (AvgIpc) is 1.62. The largest absolute Gasteiger partial charge is 0.508 e. The van der Waals surface area contributed by atoms with Gasteiger partial charge in [0, 0.05) is 40.8 Å². The number of aliphatic carboxylic acids is 5. The Kier molecular flexibility index (Phi) is 32.8. The molecule has 5 atom stereocenters. The third kappa shape index (κ3) is 26.3. The number of aromatic nitrogens is 2. The quantitative estimate of drug-likeness (QED) is 0.0257. The molecule has 582 valence electrons. The van der Waals surface area contributed by atoms with Crippen LogP contribution in [0.2, 0.25) is 0 Å². The molecule has 0 spiro atoms. The number of alkyl halides is 9. The van der Waals surface area contributed by atoms with Crippen molar-refractivity contribution in [2.75, 3.05) is 14.8 Å². The van der Waals surface area contributed by atoms with Gasteiger partial charge in [0.2, 0.25) is 0 Å². The minimum Gasteiger partial charge on any atom is -0.508 e. The molecule has 0 fully saturated rings. The Hall–Kier alpha value is -10.2. The van der Waals surface area contributed by atoms with Gasteiger partial charge in [-0.1, -0.05) is 84.9 Å². The van der Waals surface area contributed by atoms with Crippen molar-refractivity contribution in [2.45, 2.75) is 74.7 Å². The van der Waals surface area contributed by atoms with Crippen molar-refractivity contribution in [1.82, 2.24) is 9.97 Å². The first-order valence-corrected chi connectivity index (χ1v) is 44.3. The molecule has 5 heterocycles. The van der Waals surface area contributed by atoms with Gasteiger partial charge in [-0.3, -0.25) is 24.0 Å². The van der Waals surface area contributed by atoms with E-state index in [1.165, 1.54) is 30.3 Å². The number of fused-ring (bicyclic) bond motifs is 5. The molecule has 3 aliphatic heterocycles. The Labute approximate surface area is 641 Å². The molecule has 0 radical (unpaired) electrons. The fraction of sp³-hybridized carbons (Fsp3) is 0.200. The van der Waals surface area contributed by atoms with Crippen LogP contribution < -0.4 is 28.7 Å². The van der Waals surface area contributed by atoms with Gasteiger partial charge in [-0.05, 0) is 83.5 Å². The van der Waals surface area contributed by atoms with Crippen molar-refractivity contribution < 1.29 is 110 Å². The molecule has 0 aliphatic carbocycles. The van der Waals surface area contributed by atoms with Crippen LogP contribution in [0.5, 0.6) is 11.5 Å². The van der Waals surface area contributed by atoms with Gasteiger partial charge in [-0.25, -0.2) is 0 Å². The topological polar surface area (TPSA) is 468 Å². The number of phenolic OH excluding ortho intramolecular Hbond substituents is 2. The number of carboxylic acid groups (broad SMARTS) is 5. The summed E-state index contributed by atoms with van der Waals surface area (Å²) in [7, 11) is 0. The van der Waals surface area contributed by atoms with Crippen molar-refractivity contribution in [3.05, 3.63) is 267 Å². The number of carbonyl (C=O) groups is 8. The van der Waals surface area contributed by atoms with Crippen LogP contribution in [0.15, 0.2) is 200 Å². The minimum absolute atomic E-state index is 0.102. The number of carbonyl (C=O) groups excluding carboxylic acids is 3. The second kappa shape index (κ2) is 40.8. The van der Waals surface area contributed by atoms with Crippen LogP contribution in [-0.2, 0) is 77.6 Å². The smallest absolute Gasteiger partial charge is 0.431 e. The van der Waals surface area contributed by atoms with Crippen molar-refractivity contribution >= 4 is 130 Å². The zero-order valence-corrected chi connectivity index (χ0v) is 64.4. The van der Waals surface area contributed by atoms with Crippen LogP contribution >= 0.6 is 60.7 Å². The summed E-state index contributed by atoms with van der Waals surface area (Å²) in [6.07, 6.45) is -7.06. The molecule has 10 aromatic rings. The maximum atomic E-state index is 12.9. The minimum atomic E-state index is -4.69. The van der Waals surface area contributed by atoms with Crippen molar-refractivity contribution in [2.24, 2.45) is 28.7 Å². The Morgan fingerprint density at radius 3 is 1.17 bits per heavy atom. The van der Waals surface area contributed by atoms with E-state index in [-0.39, 0.29) is 54.0 Å². The average molecular weight is 1860 g/mol. The van der Waals surface area contributed by atoms with E-state index in [1.807, 2.05) is 148 Å². The van der Waals surface area contributed by atoms with Crippen molar-refractivity contribution in [3.8, 4) is 11.5 Å². The summed E-state index contributed by atoms with van der Waals surface area (Å²) in [4.78, 5) is 97.3. The third-order valence-corrected chi connectivity index (χ3v) is 26.3. The van der Waals surface area contributed by atoms with Gasteiger partial charge in [-0.15, -0.1) is 0 Å². The number of para-hydroxylation sites is 2. The first-order valence-electron chi connectivity index (χ1n) is 32.0. The SMILES string of the molecule is CI1OC(=O)c2ccccc21.CI1OC(=O)c2ccccc21.CI1OC(=O)c2ccccc21.N[C@@H](Cc1c(C(F)(F)F)[nH]c2ccccc12)C(=O)O.N[C@@H](Cc1c[nH]c2ccccc12)C(=O)O.N[C@@H](Cc1ccc(O)c(C(F)(F)F)c1)C(=O)O.N[C@@H](Cc1ccc(O)cc1)C(=O)O.N[C@@H](Cc1ccccc1)C(=O)O. The first kappa shape index (κ1) is 87.7. The molecule has 3 aliphatic rings. The maximum absolute atomic E-state index is 12.9. The number of carboxylic acids is 5. The molecule has 0 bridgehead atoms. The Morgan fingerprint density at radius 2 is 0.761 bits per heavy atom. The molecule has 13 rings (SSSR count). The fourth-order valence-corrected chi connectivity index (χ4v) is 19.0. The number of H-pyrrole nitrogens is 2. The number of benzene rings is 8. The second-order valence-electron chi connectivity index (χ2n) is 23.4. The first-order chi connectivity index (χ1) is 51.4. The summed E-state index contributed by atoms with van der Waals surface area (Å²) in [6, 6.07) is 50.1. The number of nitrogens with two attached hydrogens (primary N) is 5. The number of nitrogens with one attached hydrogen (secondary N) is 2. The molecule has 8 aromatic carbocycles. The predicted octanol–water partition coefficient (Wildman–Crippen LogP) is 11.8. The van der Waals surface area contributed by atoms with Crippen LogP contribution in [-0.4, -0.2) is 138 Å². The van der Waals surface area contributed by atoms with E-state index in [1.54, 1.807) is 24.3 Å². The van der Waals surface area contributed by atoms with Crippen LogP contribution in [0.3, 0.4) is 0 Å². The summed E-state index contributed by atoms with van der Waals surface area (Å²) < 4.78 is 94.9. The van der Waals surface area contributed by atoms with E-state index in [9.17, 15) is 64.7 Å². The third-order valence-electron chi connectivity index (χ3n) is 15.4. The van der Waals surface area contributed by atoms with Crippen LogP contribution in [0.25, 0.3) is 21.8 Å². The molecule has 25 nitrogen and oxygen atoms in total. The Balaban J connectivity index is 0.000000196. The van der Waals surface area contributed by atoms with Gasteiger partial charge in [0.1, 0.15) is 47.4 Å². The number of aromatic hydroxyl groups is 2. The van der Waals surface area contributed by atoms with Gasteiger partial charge in [0.05, 0.1) is 5.56 Å². The van der Waals surface area contributed by atoms with E-state index in [0.717, 1.165) is 61.1 Å². The number of hydrogen-bond donors (Lipinski definition) is 14. The number of phenols is 2. The van der Waals surface area contributed by atoms with Gasteiger partial charge in [-0.2, -0.15) is 26.3 Å². The summed E-state index contributed by atoms with van der Waals surface area (Å²) in [6.45, 7) is 0. The molecule has 34 heteroatoms. The fourth-order valence-electron chi connectivity index (χ4n) is 9.93. The second-order valence-corrected chi connectivity index (χ2v) is 35.4. The molecule has 19 N–H and O–H groups in total. The van der Waals surface area contributed by atoms with Gasteiger partial charge in [0.25, 0.3) is 0 Å². The van der Waals surface area contributed by atoms with E-state index < -0.39 is 150 Å². The van der Waals surface area contributed by atoms with E-state index in [4.69, 9.17) is 73.6 Å². The van der Waals surface area contributed by atoms with Crippen LogP contribution in [0, 0.1) is 10.7 Å². The molecule has 0 saturated heterocycles. The summed E-state index contributed by atoms with van der Waals surface area (Å²) in [5.74, 6) is -6.72. The zero-order chi connectivity index (χ0) is 80.6. The molecule has 109 heavy (non-hydrogen) atoms. The molecular weight excluding hydrogens is 1780 g/mol. The normalized spacial score (nSPS) is 14.5. The Morgan fingerprint density at radius 1 is 0.413 bits per heavy atom. The van der Waals surface area contributed by atoms with Gasteiger partial charge >= 0.3 is 259 Å². The van der Waals surface area contributed by atoms with Gasteiger partial charge < -0.3 is 74.4 Å². The van der Waals surface area contributed by atoms with Gasteiger partial charge in [0.15, 0.2) is 0 Å². The maximum Gasteiger partial charge on any atom is 0.431 e. The number of aromatic amines is 2. The van der Waals surface area contributed by atoms with Crippen molar-refractivity contribution in [1.29, 1.82) is 0 Å². The standard InChI is InChI=1S/C12H11F3N2O2.C11H12N2O2.C10H10F3NO3.C9H11NO3.C9H11NO2.3C8H7IO2/c13-12(14,15)10-7(5-8(16)11(18)19)6-3-1-2-4-9(6)17-10;12-9(11(14)15)5-7-6-13-10-4-2-1-3-8(7)10;11-10(12,13)6-3-5(1-2-8(6)15)4-7(14)9(16)17;10-8(9(12)13)5-6-1-3-7(11)4-2-6;10-8(9(11)12)6-7-4-2-1-3-5-7;3*1-9-7-5-3-2-4-6(7)8(10)11-9/h1-4,8,17H,5,16H2,(H,18,19);1-4,6,9,13H,5,12H2,(H,14,15);1-3,7,15H,4,14H2,(H,16,17);1-4,8,11H,5,10H2,(H,12,13);1-5,8H,6,10H2,(H,11,12);3*2-5H,1H3/t8-;9-;7-;2*8-;;;/m00000.../s1. The summed E-state index contributed by atoms with van der Waals surface area (Å²) in [5.41, 5.74) is 30.9.